The van der Waals surface area contributed by atoms with E-state index in [1.54, 1.807) is 6.92 Å². The van der Waals surface area contributed by atoms with Crippen molar-refractivity contribution in [2.24, 2.45) is 11.7 Å². The maximum absolute atomic E-state index is 13.6. The molecule has 6 nitrogen and oxygen atoms in total. The second-order valence-electron chi connectivity index (χ2n) is 5.43. The Morgan fingerprint density at radius 2 is 2.09 bits per heavy atom. The summed E-state index contributed by atoms with van der Waals surface area (Å²) in [5, 5.41) is 14.5. The molecule has 0 saturated heterocycles. The molecule has 7 heteroatoms. The average Bonchev–Trinajstić information content (AvgIpc) is 2.44. The number of nitrogens with two attached hydrogens (primary N) is 1. The van der Waals surface area contributed by atoms with Gasteiger partial charge in [0.15, 0.2) is 0 Å². The summed E-state index contributed by atoms with van der Waals surface area (Å²) in [6.45, 7) is 5.17. The molecule has 1 aromatic carbocycles. The summed E-state index contributed by atoms with van der Waals surface area (Å²) in [7, 11) is 0. The summed E-state index contributed by atoms with van der Waals surface area (Å²) < 4.78 is 13.6. The molecule has 118 valence electrons. The third-order valence-corrected chi connectivity index (χ3v) is 3.47. The lowest BCUT2D eigenvalue weighted by molar-refractivity contribution is -0.121. The maximum atomic E-state index is 13.6. The minimum Gasteiger partial charge on any atom is -0.376 e. The van der Waals surface area contributed by atoms with Gasteiger partial charge in [0, 0.05) is 5.69 Å². The van der Waals surface area contributed by atoms with E-state index in [-0.39, 0.29) is 18.0 Å². The largest absolute Gasteiger partial charge is 0.376 e. The number of halogens is 1. The van der Waals surface area contributed by atoms with Crippen LogP contribution in [0.1, 0.15) is 31.1 Å². The molecular formula is C15H19FN4O2. The van der Waals surface area contributed by atoms with Crippen molar-refractivity contribution in [1.29, 1.82) is 5.26 Å². The summed E-state index contributed by atoms with van der Waals surface area (Å²) in [5.74, 6) is -2.07. The van der Waals surface area contributed by atoms with E-state index < -0.39 is 23.2 Å². The van der Waals surface area contributed by atoms with E-state index in [2.05, 4.69) is 16.7 Å². The van der Waals surface area contributed by atoms with Crippen LogP contribution in [0.15, 0.2) is 18.2 Å². The zero-order chi connectivity index (χ0) is 16.9. The van der Waals surface area contributed by atoms with Crippen LogP contribution in [0.4, 0.5) is 10.1 Å². The first-order chi connectivity index (χ1) is 10.2. The smallest absolute Gasteiger partial charge is 0.251 e. The van der Waals surface area contributed by atoms with E-state index in [1.165, 1.54) is 12.1 Å². The average molecular weight is 306 g/mol. The molecule has 0 aliphatic rings. The van der Waals surface area contributed by atoms with Crippen LogP contribution in [0.3, 0.4) is 0 Å². The molecule has 0 aliphatic carbocycles. The van der Waals surface area contributed by atoms with Gasteiger partial charge in [-0.15, -0.1) is 0 Å². The number of nitrogens with zero attached hydrogens (tertiary/aromatic N) is 1. The molecule has 0 radical (unpaired) electrons. The molecular weight excluding hydrogens is 287 g/mol. The summed E-state index contributed by atoms with van der Waals surface area (Å²) in [6.07, 6.45) is 0. The SMILES string of the molecule is CC(C)C(C)(C#N)NC(=O)CNc1ccc(C(N)=O)c(F)c1. The lowest BCUT2D eigenvalue weighted by atomic mass is 9.90. The monoisotopic (exact) mass is 306 g/mol. The minimum absolute atomic E-state index is 0.0613. The highest BCUT2D eigenvalue weighted by molar-refractivity contribution is 5.93. The number of primary amides is 1. The van der Waals surface area contributed by atoms with Crippen molar-refractivity contribution in [3.05, 3.63) is 29.6 Å². The molecule has 1 rings (SSSR count). The van der Waals surface area contributed by atoms with Crippen LogP contribution >= 0.6 is 0 Å². The van der Waals surface area contributed by atoms with E-state index in [0.717, 1.165) is 6.07 Å². The van der Waals surface area contributed by atoms with Crippen molar-refractivity contribution in [3.8, 4) is 6.07 Å². The molecule has 0 spiro atoms. The topological polar surface area (TPSA) is 108 Å². The second-order valence-corrected chi connectivity index (χ2v) is 5.43. The van der Waals surface area contributed by atoms with E-state index in [9.17, 15) is 14.0 Å². The van der Waals surface area contributed by atoms with Crippen LogP contribution in [-0.4, -0.2) is 23.9 Å². The third kappa shape index (κ3) is 4.19. The minimum atomic E-state index is -0.972. The van der Waals surface area contributed by atoms with Crippen molar-refractivity contribution in [1.82, 2.24) is 5.32 Å². The zero-order valence-corrected chi connectivity index (χ0v) is 12.7. The number of nitriles is 1. The Morgan fingerprint density at radius 1 is 1.45 bits per heavy atom. The van der Waals surface area contributed by atoms with Crippen molar-refractivity contribution in [2.45, 2.75) is 26.3 Å². The molecule has 0 aromatic heterocycles. The van der Waals surface area contributed by atoms with Crippen LogP contribution in [0.2, 0.25) is 0 Å². The zero-order valence-electron chi connectivity index (χ0n) is 12.7. The predicted molar refractivity (Wildman–Crippen MR) is 80.4 cm³/mol. The highest BCUT2D eigenvalue weighted by Gasteiger charge is 2.29. The molecule has 0 fully saturated rings. The molecule has 0 aliphatic heterocycles. The number of nitrogens with one attached hydrogen (secondary N) is 2. The summed E-state index contributed by atoms with van der Waals surface area (Å²) in [5.41, 5.74) is 4.15. The van der Waals surface area contributed by atoms with Crippen LogP contribution in [-0.2, 0) is 4.79 Å². The lowest BCUT2D eigenvalue weighted by Gasteiger charge is -2.27. The van der Waals surface area contributed by atoms with Gasteiger partial charge in [-0.1, -0.05) is 13.8 Å². The van der Waals surface area contributed by atoms with Gasteiger partial charge in [0.2, 0.25) is 5.91 Å². The number of amides is 2. The molecule has 1 unspecified atom stereocenters. The van der Waals surface area contributed by atoms with Crippen LogP contribution < -0.4 is 16.4 Å². The number of rotatable bonds is 6. The van der Waals surface area contributed by atoms with Crippen LogP contribution in [0.5, 0.6) is 0 Å². The fraction of sp³-hybridized carbons (Fsp3) is 0.400. The molecule has 1 atom stereocenters. The summed E-state index contributed by atoms with van der Waals surface area (Å²) >= 11 is 0. The van der Waals surface area contributed by atoms with E-state index in [0.29, 0.717) is 5.69 Å². The quantitative estimate of drug-likeness (QED) is 0.738. The van der Waals surface area contributed by atoms with E-state index in [4.69, 9.17) is 11.0 Å². The third-order valence-electron chi connectivity index (χ3n) is 3.47. The maximum Gasteiger partial charge on any atom is 0.251 e. The molecule has 22 heavy (non-hydrogen) atoms. The van der Waals surface area contributed by atoms with Gasteiger partial charge in [-0.2, -0.15) is 5.26 Å². The van der Waals surface area contributed by atoms with Gasteiger partial charge in [-0.25, -0.2) is 4.39 Å². The number of carbonyl (C=O) groups excluding carboxylic acids is 2. The Morgan fingerprint density at radius 3 is 2.55 bits per heavy atom. The predicted octanol–water partition coefficient (Wildman–Crippen LogP) is 1.39. The number of anilines is 1. The Bertz CT molecular complexity index is 624. The normalized spacial score (nSPS) is 13.1. The fourth-order valence-electron chi connectivity index (χ4n) is 1.64. The molecule has 0 saturated carbocycles. The Kier molecular flexibility index (Phi) is 5.46. The molecule has 0 heterocycles. The lowest BCUT2D eigenvalue weighted by Crippen LogP contribution is -2.50. The molecule has 4 N–H and O–H groups in total. The first-order valence-electron chi connectivity index (χ1n) is 6.75. The molecule has 1 aromatic rings. The van der Waals surface area contributed by atoms with Crippen LogP contribution in [0, 0.1) is 23.1 Å². The standard InChI is InChI=1S/C15H19FN4O2/c1-9(2)15(3,8-17)20-13(21)7-19-10-4-5-11(14(18)22)12(16)6-10/h4-6,9,19H,7H2,1-3H3,(H2,18,22)(H,20,21). The second kappa shape index (κ2) is 6.89. The van der Waals surface area contributed by atoms with Crippen molar-refractivity contribution in [3.63, 3.8) is 0 Å². The van der Waals surface area contributed by atoms with Gasteiger partial charge in [-0.3, -0.25) is 9.59 Å². The Hall–Kier alpha value is -2.62. The van der Waals surface area contributed by atoms with Crippen molar-refractivity contribution >= 4 is 17.5 Å². The van der Waals surface area contributed by atoms with E-state index in [1.807, 2.05) is 13.8 Å². The van der Waals surface area contributed by atoms with Gasteiger partial charge in [-0.05, 0) is 31.0 Å². The number of carbonyl (C=O) groups is 2. The van der Waals surface area contributed by atoms with Gasteiger partial charge in [0.25, 0.3) is 5.91 Å². The number of benzene rings is 1. The van der Waals surface area contributed by atoms with Gasteiger partial charge < -0.3 is 16.4 Å². The van der Waals surface area contributed by atoms with Gasteiger partial charge >= 0.3 is 0 Å². The number of hydrogen-bond acceptors (Lipinski definition) is 4. The van der Waals surface area contributed by atoms with Gasteiger partial charge in [0.1, 0.15) is 11.4 Å². The molecule has 0 bridgehead atoms. The Balaban J connectivity index is 2.67. The fourth-order valence-corrected chi connectivity index (χ4v) is 1.64. The highest BCUT2D eigenvalue weighted by Crippen LogP contribution is 2.16. The summed E-state index contributed by atoms with van der Waals surface area (Å²) in [4.78, 5) is 22.8. The first-order valence-corrected chi connectivity index (χ1v) is 6.75. The highest BCUT2D eigenvalue weighted by atomic mass is 19.1. The van der Waals surface area contributed by atoms with Crippen molar-refractivity contribution < 1.29 is 14.0 Å². The van der Waals surface area contributed by atoms with Gasteiger partial charge in [0.05, 0.1) is 18.2 Å². The number of hydrogen-bond donors (Lipinski definition) is 3. The Labute approximate surface area is 128 Å². The van der Waals surface area contributed by atoms with Crippen LogP contribution in [0.25, 0.3) is 0 Å². The van der Waals surface area contributed by atoms with Crippen molar-refractivity contribution in [2.75, 3.05) is 11.9 Å². The first kappa shape index (κ1) is 17.4. The molecule has 2 amide bonds. The summed E-state index contributed by atoms with van der Waals surface area (Å²) in [6, 6.07) is 5.84. The van der Waals surface area contributed by atoms with E-state index >= 15 is 0 Å².